The molecule has 26 nitrogen and oxygen atoms in total. The number of fused-ring (bicyclic) bond motifs is 1. The van der Waals surface area contributed by atoms with Crippen molar-refractivity contribution in [3.63, 3.8) is 0 Å². The predicted octanol–water partition coefficient (Wildman–Crippen LogP) is -2.99. The number of aromatic nitrogens is 4. The van der Waals surface area contributed by atoms with Crippen LogP contribution >= 0.6 is 35.2 Å². The van der Waals surface area contributed by atoms with E-state index >= 15 is 0 Å². The van der Waals surface area contributed by atoms with Gasteiger partial charge in [-0.3, -0.25) is 28.1 Å². The van der Waals surface area contributed by atoms with Crippen LogP contribution in [0.25, 0.3) is 11.2 Å². The van der Waals surface area contributed by atoms with E-state index in [1.165, 1.54) is 13.8 Å². The second kappa shape index (κ2) is 23.6. The average molecular weight is 947 g/mol. The van der Waals surface area contributed by atoms with Gasteiger partial charge in [-0.15, -0.1) is 0 Å². The van der Waals surface area contributed by atoms with Crippen LogP contribution in [0.2, 0.25) is 0 Å². The Hall–Kier alpha value is -2.97. The first-order valence-electron chi connectivity index (χ1n) is 18.6. The number of nitrogens with one attached hydrogen (secondary N) is 2. The van der Waals surface area contributed by atoms with Crippen molar-refractivity contribution in [1.29, 1.82) is 0 Å². The first kappa shape index (κ1) is 52.4. The third kappa shape index (κ3) is 18.0. The number of aliphatic hydroxyl groups is 2. The number of phosphoric acid groups is 3. The Balaban J connectivity index is 1.39. The van der Waals surface area contributed by atoms with Crippen LogP contribution in [0.3, 0.4) is 0 Å². The first-order valence-corrected chi connectivity index (χ1v) is 24.0. The molecular weight excluding hydrogens is 899 g/mol. The number of phosphoric ester groups is 3. The van der Waals surface area contributed by atoms with Gasteiger partial charge < -0.3 is 78.9 Å². The average Bonchev–Trinajstić information content (AvgIpc) is 3.72. The molecule has 3 rings (SSSR count). The zero-order chi connectivity index (χ0) is 45.6. The van der Waals surface area contributed by atoms with E-state index < -0.39 is 90.5 Å². The number of ether oxygens (including phenoxy) is 1. The highest BCUT2D eigenvalue weighted by atomic mass is 32.2. The van der Waals surface area contributed by atoms with Gasteiger partial charge in [-0.2, -0.15) is 0 Å². The van der Waals surface area contributed by atoms with Gasteiger partial charge in [0.15, 0.2) is 22.8 Å². The molecule has 2 aromatic heterocycles. The number of aliphatic hydroxyl groups excluding tert-OH is 2. The van der Waals surface area contributed by atoms with Gasteiger partial charge in [0.05, 0.1) is 27.4 Å². The number of amides is 2. The maximum atomic E-state index is 12.6. The predicted molar refractivity (Wildman–Crippen MR) is 200 cm³/mol. The second-order valence-electron chi connectivity index (χ2n) is 14.2. The highest BCUT2D eigenvalue weighted by Crippen LogP contribution is 2.56. The van der Waals surface area contributed by atoms with Crippen LogP contribution in [0.1, 0.15) is 77.9 Å². The minimum atomic E-state index is -5.93. The maximum absolute atomic E-state index is 12.6. The molecule has 0 aromatic carbocycles. The lowest BCUT2D eigenvalue weighted by Gasteiger charge is -2.36. The second-order valence-corrected chi connectivity index (χ2v) is 19.4. The Labute approximate surface area is 353 Å². The number of thioether (sulfide) groups is 1. The number of hydrogen-bond acceptors (Lipinski definition) is 24. The molecule has 1 saturated heterocycles. The number of nitrogens with zero attached hydrogens (tertiary/aromatic N) is 4. The zero-order valence-electron chi connectivity index (χ0n) is 32.9. The number of anilines is 1. The van der Waals surface area contributed by atoms with Gasteiger partial charge in [0.2, 0.25) is 11.8 Å². The first-order chi connectivity index (χ1) is 28.4. The molecule has 2 unspecified atom stereocenters. The van der Waals surface area contributed by atoms with E-state index in [0.29, 0.717) is 25.0 Å². The van der Waals surface area contributed by atoms with Gasteiger partial charge in [0, 0.05) is 43.1 Å². The van der Waals surface area contributed by atoms with Crippen molar-refractivity contribution in [2.24, 2.45) is 5.41 Å². The smallest absolute Gasteiger partial charge is 0.274 e. The van der Waals surface area contributed by atoms with Crippen LogP contribution in [-0.4, -0.2) is 109 Å². The number of imidazole rings is 1. The third-order valence-electron chi connectivity index (χ3n) is 8.75. The highest BCUT2D eigenvalue weighted by molar-refractivity contribution is 8.13. The van der Waals surface area contributed by atoms with Crippen LogP contribution in [-0.2, 0) is 55.5 Å². The molecule has 0 aliphatic carbocycles. The zero-order valence-corrected chi connectivity index (χ0v) is 36.4. The Kier molecular flexibility index (Phi) is 20.3. The summed E-state index contributed by atoms with van der Waals surface area (Å²) >= 11 is 1.06. The van der Waals surface area contributed by atoms with E-state index in [0.717, 1.165) is 54.7 Å². The van der Waals surface area contributed by atoms with E-state index in [4.69, 9.17) is 10.5 Å². The molecule has 0 bridgehead atoms. The Morgan fingerprint density at radius 1 is 0.951 bits per heavy atom. The number of carbonyl (C=O) groups is 4. The number of carbonyl (C=O) groups excluding carboxylic acids is 4. The van der Waals surface area contributed by atoms with E-state index in [2.05, 4.69) is 43.5 Å². The summed E-state index contributed by atoms with van der Waals surface area (Å²) in [4.78, 5) is 107. The number of carboxylic acid groups (broad SMARTS) is 1. The summed E-state index contributed by atoms with van der Waals surface area (Å²) in [7, 11) is -17.6. The van der Waals surface area contributed by atoms with Gasteiger partial charge in [0.25, 0.3) is 15.6 Å². The summed E-state index contributed by atoms with van der Waals surface area (Å²) in [6.07, 6.45) is -2.62. The standard InChI is InChI=1S/C31H52N7O19P3S/c1-31(2,26(44)29(45)34-12-11-20(39)33-13-14-61-22(42)10-8-6-4-3-5-7-9-21(40)41)16-54-60(51,52)57-59(49,50)53-15-19-25(56-58(46,47)48)24(43)30(55-19)38-18-37-23-27(32)35-17-36-28(23)38/h17-19,24-26,30,43-44H,3-16H2,1-2H3,(H,33,39)(H,34,45)(H,40,41)(H,49,50)(H,51,52)(H2,32,35,36)(H2,46,47,48)/p-5/t19-,24-,25-,26+,30-/m1/s1. The third-order valence-corrected chi connectivity index (χ3v) is 12.7. The van der Waals surface area contributed by atoms with E-state index in [1.807, 2.05) is 0 Å². The number of nitrogens with two attached hydrogens (primary N) is 1. The minimum absolute atomic E-state index is 0.0279. The topological polar surface area (TPSA) is 415 Å². The molecule has 346 valence electrons. The van der Waals surface area contributed by atoms with Crippen LogP contribution in [0.5, 0.6) is 0 Å². The van der Waals surface area contributed by atoms with Crippen LogP contribution in [0, 0.1) is 5.41 Å². The lowest BCUT2D eigenvalue weighted by Crippen LogP contribution is -2.46. The molecule has 6 N–H and O–H groups in total. The normalized spacial score (nSPS) is 20.8. The lowest BCUT2D eigenvalue weighted by atomic mass is 9.87. The van der Waals surface area contributed by atoms with Gasteiger partial charge in [0.1, 0.15) is 36.3 Å². The molecule has 3 heterocycles. The summed E-state index contributed by atoms with van der Waals surface area (Å²) < 4.78 is 60.6. The molecule has 0 radical (unpaired) electrons. The molecule has 7 atom stereocenters. The van der Waals surface area contributed by atoms with Crippen molar-refractivity contribution in [2.75, 3.05) is 37.8 Å². The van der Waals surface area contributed by atoms with Crippen LogP contribution in [0.15, 0.2) is 12.7 Å². The summed E-state index contributed by atoms with van der Waals surface area (Å²) in [5.74, 6) is -2.34. The molecule has 61 heavy (non-hydrogen) atoms. The number of carboxylic acids is 1. The van der Waals surface area contributed by atoms with Crippen molar-refractivity contribution in [3.8, 4) is 0 Å². The van der Waals surface area contributed by atoms with Crippen molar-refractivity contribution in [1.82, 2.24) is 30.2 Å². The summed E-state index contributed by atoms with van der Waals surface area (Å²) in [6.45, 7) is 0.0134. The maximum Gasteiger partial charge on any atom is 0.274 e. The fourth-order valence-electron chi connectivity index (χ4n) is 5.59. The molecule has 1 aliphatic heterocycles. The molecule has 1 fully saturated rings. The number of nitrogen functional groups attached to an aromatic ring is 1. The minimum Gasteiger partial charge on any atom is -0.790 e. The monoisotopic (exact) mass is 946 g/mol. The Morgan fingerprint density at radius 3 is 2.25 bits per heavy atom. The van der Waals surface area contributed by atoms with Crippen LogP contribution < -0.4 is 41.0 Å². The number of unbranched alkanes of at least 4 members (excludes halogenated alkanes) is 5. The molecule has 2 amide bonds. The fraction of sp³-hybridized carbons (Fsp3) is 0.710. The van der Waals surface area contributed by atoms with Gasteiger partial charge >= 0.3 is 0 Å². The Bertz CT molecular complexity index is 1950. The van der Waals surface area contributed by atoms with Crippen LogP contribution in [0.4, 0.5) is 5.82 Å². The molecule has 0 spiro atoms. The van der Waals surface area contributed by atoms with Gasteiger partial charge in [-0.25, -0.2) is 19.3 Å². The summed E-state index contributed by atoms with van der Waals surface area (Å²) in [6, 6.07) is 0. The summed E-state index contributed by atoms with van der Waals surface area (Å²) in [5, 5.41) is 36.6. The quantitative estimate of drug-likeness (QED) is 0.0419. The largest absolute Gasteiger partial charge is 0.790 e. The SMILES string of the molecule is CC(C)(COP(=O)([O-])OP(=O)([O-])OC[C@H]1O[C@@H](n2cnc3c(N)ncnc32)[C@H](O)[C@@H]1OP(=O)([O-])[O-])[C@@H](O)C(=O)NCCC(=O)NCCSC(=O)CCCCCCCCC(=O)[O-]. The van der Waals surface area contributed by atoms with Crippen molar-refractivity contribution >= 4 is 75.1 Å². The van der Waals surface area contributed by atoms with Crippen molar-refractivity contribution in [3.05, 3.63) is 12.7 Å². The van der Waals surface area contributed by atoms with E-state index in [-0.39, 0.29) is 48.0 Å². The van der Waals surface area contributed by atoms with Crippen molar-refractivity contribution < 1.29 is 90.4 Å². The molecule has 1 aliphatic rings. The molecule has 2 aromatic rings. The molecular formula is C31H47N7O19P3S-5. The highest BCUT2D eigenvalue weighted by Gasteiger charge is 2.47. The summed E-state index contributed by atoms with van der Waals surface area (Å²) in [5.41, 5.74) is 4.04. The van der Waals surface area contributed by atoms with E-state index in [9.17, 15) is 67.8 Å². The number of rotatable bonds is 28. The van der Waals surface area contributed by atoms with Gasteiger partial charge in [-0.05, 0) is 19.3 Å². The lowest BCUT2D eigenvalue weighted by molar-refractivity contribution is -0.347. The molecule has 0 saturated carbocycles. The van der Waals surface area contributed by atoms with Gasteiger partial charge in [-0.1, -0.05) is 51.3 Å². The van der Waals surface area contributed by atoms with E-state index in [1.54, 1.807) is 0 Å². The Morgan fingerprint density at radius 2 is 1.59 bits per heavy atom. The van der Waals surface area contributed by atoms with Crippen molar-refractivity contribution in [2.45, 2.75) is 102 Å². The number of aliphatic carboxylic acids is 1. The fourth-order valence-corrected chi connectivity index (χ4v) is 9.05. The number of hydrogen-bond donors (Lipinski definition) is 5. The molecule has 30 heteroatoms.